The number of carbonyl (C=O) groups excluding carboxylic acids is 2. The van der Waals surface area contributed by atoms with Gasteiger partial charge in [-0.3, -0.25) is 9.59 Å². The number of carboxylic acid groups (broad SMARTS) is 1. The second kappa shape index (κ2) is 8.80. The van der Waals surface area contributed by atoms with Crippen LogP contribution in [0.1, 0.15) is 42.2 Å². The molecule has 3 aromatic carbocycles. The van der Waals surface area contributed by atoms with Crippen molar-refractivity contribution in [2.75, 3.05) is 7.11 Å². The molecule has 1 N–H and O–H groups in total. The van der Waals surface area contributed by atoms with Gasteiger partial charge in [0.2, 0.25) is 0 Å². The fourth-order valence-electron chi connectivity index (χ4n) is 3.40. The predicted molar refractivity (Wildman–Crippen MR) is 122 cm³/mol. The average Bonchev–Trinajstić information content (AvgIpc) is 3.04. The van der Waals surface area contributed by atoms with Crippen molar-refractivity contribution in [3.63, 3.8) is 0 Å². The lowest BCUT2D eigenvalue weighted by Gasteiger charge is -2.13. The van der Waals surface area contributed by atoms with E-state index in [1.54, 1.807) is 54.6 Å². The van der Waals surface area contributed by atoms with Crippen LogP contribution in [0.25, 0.3) is 6.08 Å². The molecular formula is C25H17BrO6. The first-order valence-corrected chi connectivity index (χ1v) is 10.4. The molecule has 32 heavy (non-hydrogen) atoms. The van der Waals surface area contributed by atoms with Crippen LogP contribution in [-0.2, 0) is 6.61 Å². The van der Waals surface area contributed by atoms with Crippen molar-refractivity contribution in [1.29, 1.82) is 0 Å². The van der Waals surface area contributed by atoms with E-state index in [1.165, 1.54) is 19.2 Å². The van der Waals surface area contributed by atoms with Crippen LogP contribution < -0.4 is 9.47 Å². The van der Waals surface area contributed by atoms with Crippen LogP contribution >= 0.6 is 15.9 Å². The van der Waals surface area contributed by atoms with E-state index in [4.69, 9.17) is 14.6 Å². The van der Waals surface area contributed by atoms with Gasteiger partial charge in [-0.05, 0) is 41.5 Å². The number of halogens is 1. The van der Waals surface area contributed by atoms with Crippen LogP contribution in [0, 0.1) is 0 Å². The third-order valence-corrected chi connectivity index (χ3v) is 5.77. The van der Waals surface area contributed by atoms with Gasteiger partial charge in [0, 0.05) is 15.6 Å². The predicted octanol–water partition coefficient (Wildman–Crippen LogP) is 5.20. The maximum Gasteiger partial charge on any atom is 0.335 e. The summed E-state index contributed by atoms with van der Waals surface area (Å²) in [6.45, 7) is 0.204. The van der Waals surface area contributed by atoms with Crippen molar-refractivity contribution in [2.45, 2.75) is 6.61 Å². The second-order valence-electron chi connectivity index (χ2n) is 7.08. The Kier molecular flexibility index (Phi) is 5.92. The number of aromatic carboxylic acids is 1. The number of methoxy groups -OCH3 is 1. The standard InChI is InChI=1S/C25H17BrO6/c1-31-21-11-16(10-19-23(27)17-4-2-3-5-18(17)24(19)28)20(26)12-22(21)32-13-14-6-8-15(9-7-14)25(29)30/h2-12H,13H2,1H3,(H,29,30). The van der Waals surface area contributed by atoms with E-state index < -0.39 is 5.97 Å². The molecule has 0 fully saturated rings. The summed E-state index contributed by atoms with van der Waals surface area (Å²) in [7, 11) is 1.50. The molecule has 0 bridgehead atoms. The highest BCUT2D eigenvalue weighted by atomic mass is 79.9. The molecule has 1 aliphatic rings. The van der Waals surface area contributed by atoms with Crippen molar-refractivity contribution in [1.82, 2.24) is 0 Å². The largest absolute Gasteiger partial charge is 0.493 e. The molecule has 0 amide bonds. The number of allylic oxidation sites excluding steroid dienone is 1. The number of hydrogen-bond donors (Lipinski definition) is 1. The Hall–Kier alpha value is -3.71. The summed E-state index contributed by atoms with van der Waals surface area (Å²) in [6.07, 6.45) is 1.55. The fraction of sp³-hybridized carbons (Fsp3) is 0.0800. The summed E-state index contributed by atoms with van der Waals surface area (Å²) < 4.78 is 11.9. The number of carbonyl (C=O) groups is 3. The maximum atomic E-state index is 12.7. The van der Waals surface area contributed by atoms with E-state index in [2.05, 4.69) is 15.9 Å². The summed E-state index contributed by atoms with van der Waals surface area (Å²) in [4.78, 5) is 36.3. The highest BCUT2D eigenvalue weighted by Crippen LogP contribution is 2.36. The Morgan fingerprint density at radius 1 is 0.969 bits per heavy atom. The minimum absolute atomic E-state index is 0.0983. The topological polar surface area (TPSA) is 89.9 Å². The smallest absolute Gasteiger partial charge is 0.335 e. The minimum Gasteiger partial charge on any atom is -0.493 e. The molecule has 7 heteroatoms. The van der Waals surface area contributed by atoms with Crippen LogP contribution in [0.15, 0.2) is 70.7 Å². The van der Waals surface area contributed by atoms with E-state index in [9.17, 15) is 14.4 Å². The van der Waals surface area contributed by atoms with Crippen LogP contribution in [-0.4, -0.2) is 29.8 Å². The third-order valence-electron chi connectivity index (χ3n) is 5.08. The summed E-state index contributed by atoms with van der Waals surface area (Å²) >= 11 is 3.48. The Morgan fingerprint density at radius 2 is 1.59 bits per heavy atom. The highest BCUT2D eigenvalue weighted by molar-refractivity contribution is 9.10. The molecule has 6 nitrogen and oxygen atoms in total. The van der Waals surface area contributed by atoms with Crippen molar-refractivity contribution in [2.24, 2.45) is 0 Å². The van der Waals surface area contributed by atoms with E-state index in [0.29, 0.717) is 32.7 Å². The minimum atomic E-state index is -0.991. The summed E-state index contributed by atoms with van der Waals surface area (Å²) in [5.74, 6) is -0.716. The summed E-state index contributed by atoms with van der Waals surface area (Å²) in [5.41, 5.74) is 2.50. The van der Waals surface area contributed by atoms with Gasteiger partial charge in [-0.15, -0.1) is 0 Å². The molecular weight excluding hydrogens is 476 g/mol. The Bertz CT molecular complexity index is 1240. The number of carboxylic acids is 1. The van der Waals surface area contributed by atoms with Gasteiger partial charge in [0.25, 0.3) is 0 Å². The van der Waals surface area contributed by atoms with Gasteiger partial charge in [0.15, 0.2) is 23.1 Å². The number of rotatable bonds is 6. The van der Waals surface area contributed by atoms with Gasteiger partial charge in [-0.2, -0.15) is 0 Å². The molecule has 0 atom stereocenters. The monoisotopic (exact) mass is 492 g/mol. The Labute approximate surface area is 192 Å². The lowest BCUT2D eigenvalue weighted by Crippen LogP contribution is -2.02. The van der Waals surface area contributed by atoms with Gasteiger partial charge in [-0.1, -0.05) is 52.3 Å². The molecule has 0 aromatic heterocycles. The Balaban J connectivity index is 1.59. The van der Waals surface area contributed by atoms with E-state index >= 15 is 0 Å². The molecule has 0 radical (unpaired) electrons. The molecule has 4 rings (SSSR count). The molecule has 1 aliphatic carbocycles. The van der Waals surface area contributed by atoms with Gasteiger partial charge in [0.05, 0.1) is 18.2 Å². The third kappa shape index (κ3) is 4.07. The first-order valence-electron chi connectivity index (χ1n) is 9.61. The maximum absolute atomic E-state index is 12.7. The molecule has 160 valence electrons. The zero-order chi connectivity index (χ0) is 22.8. The number of ketones is 2. The molecule has 3 aromatic rings. The van der Waals surface area contributed by atoms with Crippen LogP contribution in [0.2, 0.25) is 0 Å². The number of Topliss-reactive ketones (excluding diaryl/α,β-unsaturated/α-hetero) is 2. The SMILES string of the molecule is COc1cc(C=C2C(=O)c3ccccc3C2=O)c(Br)cc1OCc1ccc(C(=O)O)cc1. The average molecular weight is 493 g/mol. The molecule has 0 aliphatic heterocycles. The lowest BCUT2D eigenvalue weighted by molar-refractivity contribution is 0.0696. The van der Waals surface area contributed by atoms with Crippen LogP contribution in [0.5, 0.6) is 11.5 Å². The molecule has 0 heterocycles. The van der Waals surface area contributed by atoms with E-state index in [0.717, 1.165) is 5.56 Å². The lowest BCUT2D eigenvalue weighted by atomic mass is 10.1. The molecule has 0 saturated carbocycles. The van der Waals surface area contributed by atoms with Crippen LogP contribution in [0.4, 0.5) is 0 Å². The quantitative estimate of drug-likeness (QED) is 0.375. The first kappa shape index (κ1) is 21.5. The molecule has 0 unspecified atom stereocenters. The second-order valence-corrected chi connectivity index (χ2v) is 7.93. The number of ether oxygens (including phenoxy) is 2. The zero-order valence-corrected chi connectivity index (χ0v) is 18.5. The van der Waals surface area contributed by atoms with Crippen molar-refractivity contribution < 1.29 is 29.0 Å². The van der Waals surface area contributed by atoms with Gasteiger partial charge in [-0.25, -0.2) is 4.79 Å². The number of fused-ring (bicyclic) bond motifs is 1. The van der Waals surface area contributed by atoms with Gasteiger partial charge < -0.3 is 14.6 Å². The fourth-order valence-corrected chi connectivity index (χ4v) is 3.83. The highest BCUT2D eigenvalue weighted by Gasteiger charge is 2.32. The number of hydrogen-bond acceptors (Lipinski definition) is 5. The summed E-state index contributed by atoms with van der Waals surface area (Å²) in [6, 6.07) is 16.5. The van der Waals surface area contributed by atoms with Crippen molar-refractivity contribution in [3.8, 4) is 11.5 Å². The summed E-state index contributed by atoms with van der Waals surface area (Å²) in [5, 5.41) is 8.99. The van der Waals surface area contributed by atoms with E-state index in [1.807, 2.05) is 0 Å². The van der Waals surface area contributed by atoms with Crippen LogP contribution in [0.3, 0.4) is 0 Å². The van der Waals surface area contributed by atoms with Gasteiger partial charge in [0.1, 0.15) is 6.61 Å². The molecule has 0 saturated heterocycles. The number of benzene rings is 3. The first-order chi connectivity index (χ1) is 15.4. The zero-order valence-electron chi connectivity index (χ0n) is 16.9. The van der Waals surface area contributed by atoms with Crippen molar-refractivity contribution >= 4 is 39.5 Å². The van der Waals surface area contributed by atoms with E-state index in [-0.39, 0.29) is 29.3 Å². The van der Waals surface area contributed by atoms with Gasteiger partial charge >= 0.3 is 5.97 Å². The Morgan fingerprint density at radius 3 is 2.16 bits per heavy atom. The van der Waals surface area contributed by atoms with Crippen molar-refractivity contribution in [3.05, 3.63) is 98.5 Å². The normalized spacial score (nSPS) is 12.5. The molecule has 0 spiro atoms.